The number of pyridine rings is 1. The number of amidine groups is 1. The van der Waals surface area contributed by atoms with Gasteiger partial charge in [-0.3, -0.25) is 15.6 Å². The number of fused-ring (bicyclic) bond motifs is 1. The zero-order chi connectivity index (χ0) is 37.8. The van der Waals surface area contributed by atoms with E-state index in [1.807, 2.05) is 61.9 Å². The Labute approximate surface area is 313 Å². The van der Waals surface area contributed by atoms with Crippen molar-refractivity contribution in [1.82, 2.24) is 25.4 Å². The van der Waals surface area contributed by atoms with Gasteiger partial charge in [0.05, 0.1) is 24.9 Å². The standard InChI is InChI=1S/C41H57FN8O3/c1-5-45-19-9-6-10-20-50-28-31(14-18-38(50)44)53-36-17-16-35(32-11-7-8-12-33(32)36)47-40(51)48-39(26-37(43)41(2,3)4)46-30-13-15-34(42)29(25-30)27-49-21-23-52-24-22-49/h7-8,11-15,18,25-26,28,35-36,44-45H,5-6,9-10,16-17,19-24,27,43H2,1-4H3,(H2,46,47,48,51). The van der Waals surface area contributed by atoms with E-state index in [2.05, 4.69) is 27.8 Å². The monoisotopic (exact) mass is 728 g/mol. The predicted octanol–water partition coefficient (Wildman–Crippen LogP) is 6.59. The van der Waals surface area contributed by atoms with Crippen molar-refractivity contribution in [2.45, 2.75) is 85.0 Å². The molecule has 1 fully saturated rings. The lowest BCUT2D eigenvalue weighted by Crippen LogP contribution is -2.42. The second-order valence-corrected chi connectivity index (χ2v) is 14.8. The van der Waals surface area contributed by atoms with Crippen LogP contribution in [0.2, 0.25) is 0 Å². The third-order valence-corrected chi connectivity index (χ3v) is 9.70. The van der Waals surface area contributed by atoms with Crippen LogP contribution in [-0.4, -0.2) is 60.7 Å². The molecule has 0 spiro atoms. The van der Waals surface area contributed by atoms with Gasteiger partial charge in [-0.2, -0.15) is 0 Å². The summed E-state index contributed by atoms with van der Waals surface area (Å²) in [7, 11) is 0. The molecule has 0 bridgehead atoms. The number of nitrogens with zero attached hydrogens (tertiary/aromatic N) is 3. The van der Waals surface area contributed by atoms with Crippen LogP contribution in [0, 0.1) is 16.6 Å². The molecular formula is C41H57FN8O3. The van der Waals surface area contributed by atoms with E-state index in [9.17, 15) is 9.18 Å². The van der Waals surface area contributed by atoms with Crippen molar-refractivity contribution in [2.24, 2.45) is 16.1 Å². The van der Waals surface area contributed by atoms with Crippen molar-refractivity contribution in [3.05, 3.63) is 101 Å². The van der Waals surface area contributed by atoms with Gasteiger partial charge >= 0.3 is 6.03 Å². The van der Waals surface area contributed by atoms with Crippen LogP contribution in [0.4, 0.5) is 14.9 Å². The number of hydrogen-bond acceptors (Lipinski definition) is 8. The third-order valence-electron chi connectivity index (χ3n) is 9.70. The minimum absolute atomic E-state index is 0.200. The lowest BCUT2D eigenvalue weighted by molar-refractivity contribution is 0.0337. The van der Waals surface area contributed by atoms with E-state index < -0.39 is 6.03 Å². The van der Waals surface area contributed by atoms with E-state index in [4.69, 9.17) is 25.6 Å². The summed E-state index contributed by atoms with van der Waals surface area (Å²) >= 11 is 0. The Morgan fingerprint density at radius 3 is 2.60 bits per heavy atom. The molecule has 11 nitrogen and oxygen atoms in total. The van der Waals surface area contributed by atoms with Crippen molar-refractivity contribution < 1.29 is 18.7 Å². The largest absolute Gasteiger partial charge is 0.484 e. The fourth-order valence-corrected chi connectivity index (χ4v) is 6.51. The number of allylic oxidation sites excluding steroid dienone is 1. The molecule has 3 aromatic rings. The number of ether oxygens (including phenoxy) is 2. The van der Waals surface area contributed by atoms with Gasteiger partial charge in [0.15, 0.2) is 0 Å². The summed E-state index contributed by atoms with van der Waals surface area (Å²) in [6.45, 7) is 14.0. The van der Waals surface area contributed by atoms with Crippen molar-refractivity contribution in [3.63, 3.8) is 0 Å². The number of nitrogens with one attached hydrogen (secondary N) is 4. The number of carbonyl (C=O) groups excluding carboxylic acids is 1. The summed E-state index contributed by atoms with van der Waals surface area (Å²) in [5, 5.41) is 17.8. The SMILES string of the molecule is CCNCCCCCn1cc(OC2CCC(NC(=O)NC(C=C(N)C(C)(C)C)=Nc3ccc(F)c(CN4CCOCC4)c3)c3ccccc32)ccc1=N. The first kappa shape index (κ1) is 39.7. The molecule has 0 radical (unpaired) electrons. The number of carbonyl (C=O) groups is 1. The molecule has 2 heterocycles. The van der Waals surface area contributed by atoms with Crippen LogP contribution in [0.3, 0.4) is 0 Å². The molecule has 6 N–H and O–H groups in total. The second kappa shape index (κ2) is 19.0. The molecule has 286 valence electrons. The number of amides is 2. The van der Waals surface area contributed by atoms with E-state index in [1.165, 1.54) is 6.07 Å². The molecule has 1 aliphatic heterocycles. The minimum Gasteiger partial charge on any atom is -0.484 e. The Kier molecular flexibility index (Phi) is 14.2. The van der Waals surface area contributed by atoms with E-state index in [0.29, 0.717) is 55.0 Å². The average Bonchev–Trinajstić information content (AvgIpc) is 3.13. The number of benzene rings is 2. The van der Waals surface area contributed by atoms with E-state index in [0.717, 1.165) is 68.9 Å². The number of morpholine rings is 1. The highest BCUT2D eigenvalue weighted by Crippen LogP contribution is 2.38. The molecule has 1 aromatic heterocycles. The molecule has 2 atom stereocenters. The molecule has 2 aliphatic rings. The lowest BCUT2D eigenvalue weighted by atomic mass is 9.85. The van der Waals surface area contributed by atoms with Gasteiger partial charge in [0.1, 0.15) is 29.0 Å². The van der Waals surface area contributed by atoms with Crippen LogP contribution < -0.4 is 31.9 Å². The highest BCUT2D eigenvalue weighted by atomic mass is 19.1. The summed E-state index contributed by atoms with van der Waals surface area (Å²) in [5.41, 5.74) is 10.1. The zero-order valence-electron chi connectivity index (χ0n) is 31.7. The number of nitrogens with two attached hydrogens (primary N) is 1. The summed E-state index contributed by atoms with van der Waals surface area (Å²) in [6.07, 6.45) is 7.95. The van der Waals surface area contributed by atoms with Crippen LogP contribution in [0.5, 0.6) is 5.75 Å². The Morgan fingerprint density at radius 2 is 1.85 bits per heavy atom. The summed E-state index contributed by atoms with van der Waals surface area (Å²) < 4.78 is 28.8. The number of aromatic nitrogens is 1. The summed E-state index contributed by atoms with van der Waals surface area (Å²) in [5.74, 6) is 0.674. The van der Waals surface area contributed by atoms with Crippen molar-refractivity contribution in [3.8, 4) is 5.75 Å². The van der Waals surface area contributed by atoms with Gasteiger partial charge in [0.25, 0.3) is 0 Å². The van der Waals surface area contributed by atoms with Crippen LogP contribution in [0.25, 0.3) is 0 Å². The van der Waals surface area contributed by atoms with Gasteiger partial charge in [-0.15, -0.1) is 0 Å². The van der Waals surface area contributed by atoms with Crippen LogP contribution >= 0.6 is 0 Å². The number of aliphatic imine (C=N–C) groups is 1. The summed E-state index contributed by atoms with van der Waals surface area (Å²) in [4.78, 5) is 20.5. The fraction of sp³-hybridized carbons (Fsp3) is 0.488. The number of unbranched alkanes of at least 4 members (excludes halogenated alkanes) is 2. The van der Waals surface area contributed by atoms with Crippen molar-refractivity contribution in [2.75, 3.05) is 39.4 Å². The molecule has 5 rings (SSSR count). The average molecular weight is 729 g/mol. The third kappa shape index (κ3) is 11.7. The number of urea groups is 1. The van der Waals surface area contributed by atoms with E-state index in [1.54, 1.807) is 24.3 Å². The van der Waals surface area contributed by atoms with Crippen LogP contribution in [0.1, 0.15) is 88.6 Å². The first-order valence-corrected chi connectivity index (χ1v) is 18.9. The Morgan fingerprint density at radius 1 is 1.08 bits per heavy atom. The minimum atomic E-state index is -0.422. The lowest BCUT2D eigenvalue weighted by Gasteiger charge is -2.32. The number of rotatable bonds is 14. The van der Waals surface area contributed by atoms with Gasteiger partial charge < -0.3 is 30.4 Å². The van der Waals surface area contributed by atoms with Gasteiger partial charge in [0.2, 0.25) is 0 Å². The smallest absolute Gasteiger partial charge is 0.320 e. The molecule has 1 saturated heterocycles. The molecule has 12 heteroatoms. The normalized spacial score (nSPS) is 18.4. The predicted molar refractivity (Wildman–Crippen MR) is 207 cm³/mol. The first-order chi connectivity index (χ1) is 25.5. The molecule has 53 heavy (non-hydrogen) atoms. The number of aryl methyl sites for hydroxylation is 1. The maximum Gasteiger partial charge on any atom is 0.320 e. The van der Waals surface area contributed by atoms with E-state index >= 15 is 0 Å². The Hall–Kier alpha value is -4.52. The highest BCUT2D eigenvalue weighted by Gasteiger charge is 2.30. The Bertz CT molecular complexity index is 1790. The molecule has 0 saturated carbocycles. The van der Waals surface area contributed by atoms with Gasteiger partial charge in [-0.1, -0.05) is 58.4 Å². The molecule has 2 unspecified atom stereocenters. The number of hydrogen-bond donors (Lipinski definition) is 5. The fourth-order valence-electron chi connectivity index (χ4n) is 6.51. The molecular weight excluding hydrogens is 672 g/mol. The highest BCUT2D eigenvalue weighted by molar-refractivity contribution is 6.05. The van der Waals surface area contributed by atoms with Gasteiger partial charge in [-0.05, 0) is 80.2 Å². The van der Waals surface area contributed by atoms with Crippen molar-refractivity contribution >= 4 is 17.6 Å². The first-order valence-electron chi connectivity index (χ1n) is 18.9. The maximum atomic E-state index is 14.9. The van der Waals surface area contributed by atoms with E-state index in [-0.39, 0.29) is 29.2 Å². The van der Waals surface area contributed by atoms with Crippen LogP contribution in [0.15, 0.2) is 77.6 Å². The molecule has 2 aromatic carbocycles. The second-order valence-electron chi connectivity index (χ2n) is 14.8. The molecule has 2 amide bonds. The van der Waals surface area contributed by atoms with Crippen molar-refractivity contribution in [1.29, 1.82) is 5.41 Å². The van der Waals surface area contributed by atoms with Gasteiger partial charge in [0, 0.05) is 55.1 Å². The molecule has 1 aliphatic carbocycles. The van der Waals surface area contributed by atoms with Gasteiger partial charge in [-0.25, -0.2) is 14.2 Å². The Balaban J connectivity index is 1.28. The number of halogens is 1. The van der Waals surface area contributed by atoms with Crippen LogP contribution in [-0.2, 0) is 17.8 Å². The quantitative estimate of drug-likeness (QED) is 0.0721. The topological polar surface area (TPSA) is 142 Å². The summed E-state index contributed by atoms with van der Waals surface area (Å²) in [6, 6.07) is 15.7. The zero-order valence-corrected chi connectivity index (χ0v) is 31.7. The maximum absolute atomic E-state index is 14.9.